The van der Waals surface area contributed by atoms with Gasteiger partial charge in [-0.2, -0.15) is 0 Å². The number of anilines is 3. The van der Waals surface area contributed by atoms with Gasteiger partial charge < -0.3 is 30.5 Å². The molecule has 0 bridgehead atoms. The average molecular weight is 479 g/mol. The largest absolute Gasteiger partial charge is 0.495 e. The second-order valence-corrected chi connectivity index (χ2v) is 9.26. The zero-order chi connectivity index (χ0) is 24.4. The third-order valence-corrected chi connectivity index (χ3v) is 6.99. The van der Waals surface area contributed by atoms with Crippen LogP contribution < -0.4 is 20.7 Å². The Labute approximate surface area is 205 Å². The Morgan fingerprint density at radius 3 is 2.63 bits per heavy atom. The van der Waals surface area contributed by atoms with Gasteiger partial charge >= 0.3 is 0 Å². The zero-order valence-electron chi connectivity index (χ0n) is 20.5. The summed E-state index contributed by atoms with van der Waals surface area (Å²) in [6, 6.07) is 6.47. The molecule has 186 valence electrons. The van der Waals surface area contributed by atoms with Crippen molar-refractivity contribution >= 4 is 28.4 Å². The predicted molar refractivity (Wildman–Crippen MR) is 138 cm³/mol. The molecule has 2 aromatic heterocycles. The van der Waals surface area contributed by atoms with Crippen molar-refractivity contribution in [3.8, 4) is 16.9 Å². The fourth-order valence-corrected chi connectivity index (χ4v) is 4.91. The predicted octanol–water partition coefficient (Wildman–Crippen LogP) is 3.40. The molecule has 0 unspecified atom stereocenters. The van der Waals surface area contributed by atoms with Gasteiger partial charge in [-0.15, -0.1) is 0 Å². The second-order valence-electron chi connectivity index (χ2n) is 9.26. The van der Waals surface area contributed by atoms with Crippen LogP contribution in [0.25, 0.3) is 22.2 Å². The summed E-state index contributed by atoms with van der Waals surface area (Å²) in [4.78, 5) is 16.6. The third kappa shape index (κ3) is 4.83. The normalized spacial score (nSPS) is 17.6. The first-order valence-electron chi connectivity index (χ1n) is 12.5. The maximum Gasteiger partial charge on any atom is 0.151 e. The molecular formula is C26H34N6O3. The van der Waals surface area contributed by atoms with Crippen LogP contribution in [-0.4, -0.2) is 65.6 Å². The molecule has 0 radical (unpaired) electrons. The molecule has 4 N–H and O–H groups in total. The molecule has 0 aliphatic carbocycles. The summed E-state index contributed by atoms with van der Waals surface area (Å²) < 4.78 is 11.3. The topological polar surface area (TPSA) is 119 Å². The smallest absolute Gasteiger partial charge is 0.151 e. The molecule has 1 aromatic carbocycles. The number of rotatable bonds is 6. The minimum absolute atomic E-state index is 0.223. The van der Waals surface area contributed by atoms with Crippen molar-refractivity contribution in [1.29, 1.82) is 0 Å². The highest BCUT2D eigenvalue weighted by atomic mass is 16.5. The molecule has 0 amide bonds. The van der Waals surface area contributed by atoms with Gasteiger partial charge in [0.2, 0.25) is 0 Å². The molecule has 4 heterocycles. The van der Waals surface area contributed by atoms with E-state index in [4.69, 9.17) is 25.2 Å². The van der Waals surface area contributed by atoms with Crippen molar-refractivity contribution < 1.29 is 14.6 Å². The van der Waals surface area contributed by atoms with Gasteiger partial charge in [-0.3, -0.25) is 0 Å². The van der Waals surface area contributed by atoms with Gasteiger partial charge in [-0.25, -0.2) is 15.0 Å². The quantitative estimate of drug-likeness (QED) is 0.490. The van der Waals surface area contributed by atoms with Gasteiger partial charge in [0.15, 0.2) is 5.82 Å². The van der Waals surface area contributed by atoms with Gasteiger partial charge in [-0.1, -0.05) is 13.0 Å². The van der Waals surface area contributed by atoms with E-state index in [0.717, 1.165) is 98.0 Å². The van der Waals surface area contributed by atoms with Crippen molar-refractivity contribution in [1.82, 2.24) is 15.0 Å². The van der Waals surface area contributed by atoms with E-state index >= 15 is 0 Å². The first-order valence-corrected chi connectivity index (χ1v) is 12.5. The number of hydrogen-bond donors (Lipinski definition) is 3. The van der Waals surface area contributed by atoms with Crippen molar-refractivity contribution in [2.45, 2.75) is 51.2 Å². The highest BCUT2D eigenvalue weighted by Gasteiger charge is 2.22. The number of piperidine rings is 1. The molecule has 3 aromatic rings. The monoisotopic (exact) mass is 478 g/mol. The van der Waals surface area contributed by atoms with Crippen molar-refractivity contribution in [2.24, 2.45) is 0 Å². The van der Waals surface area contributed by atoms with E-state index in [0.29, 0.717) is 17.4 Å². The number of methoxy groups -OCH3 is 1. The lowest BCUT2D eigenvalue weighted by Gasteiger charge is -2.32. The molecule has 9 heteroatoms. The molecule has 2 fully saturated rings. The SMILES string of the molecule is CCc1nc2c(N)ncc(-c3ccc(N4CCC(O)CC4)c(OC)c3)c2nc1NC1CCOCC1. The van der Waals surface area contributed by atoms with Crippen molar-refractivity contribution in [3.05, 3.63) is 30.1 Å². The summed E-state index contributed by atoms with van der Waals surface area (Å²) in [6.45, 7) is 5.18. The molecule has 2 aliphatic rings. The Kier molecular flexibility index (Phi) is 6.88. The molecule has 0 atom stereocenters. The van der Waals surface area contributed by atoms with Gasteiger partial charge in [0.05, 0.1) is 24.6 Å². The van der Waals surface area contributed by atoms with Crippen LogP contribution in [0, 0.1) is 0 Å². The van der Waals surface area contributed by atoms with E-state index in [9.17, 15) is 5.11 Å². The van der Waals surface area contributed by atoms with Gasteiger partial charge in [0.25, 0.3) is 0 Å². The van der Waals surface area contributed by atoms with Gasteiger partial charge in [-0.05, 0) is 49.8 Å². The second kappa shape index (κ2) is 10.2. The van der Waals surface area contributed by atoms with E-state index in [-0.39, 0.29) is 6.10 Å². The van der Waals surface area contributed by atoms with Crippen LogP contribution in [0.15, 0.2) is 24.4 Å². The van der Waals surface area contributed by atoms with Crippen LogP contribution in [0.1, 0.15) is 38.3 Å². The number of benzene rings is 1. The molecule has 2 saturated heterocycles. The maximum atomic E-state index is 9.88. The van der Waals surface area contributed by atoms with Crippen molar-refractivity contribution in [2.75, 3.05) is 49.4 Å². The fourth-order valence-electron chi connectivity index (χ4n) is 4.91. The minimum atomic E-state index is -0.223. The van der Waals surface area contributed by atoms with Crippen LogP contribution in [-0.2, 0) is 11.2 Å². The number of nitrogens with two attached hydrogens (primary N) is 1. The minimum Gasteiger partial charge on any atom is -0.495 e. The molecule has 2 aliphatic heterocycles. The first-order chi connectivity index (χ1) is 17.1. The number of fused-ring (bicyclic) bond motifs is 1. The molecule has 5 rings (SSSR count). The number of hydrogen-bond acceptors (Lipinski definition) is 9. The van der Waals surface area contributed by atoms with E-state index in [1.54, 1.807) is 13.3 Å². The summed E-state index contributed by atoms with van der Waals surface area (Å²) in [5.74, 6) is 1.95. The van der Waals surface area contributed by atoms with E-state index < -0.39 is 0 Å². The van der Waals surface area contributed by atoms with E-state index in [1.807, 2.05) is 6.07 Å². The van der Waals surface area contributed by atoms with E-state index in [1.165, 1.54) is 0 Å². The average Bonchev–Trinajstić information content (AvgIpc) is 2.89. The first kappa shape index (κ1) is 23.6. The standard InChI is InChI=1S/C26H34N6O3/c1-3-20-26(29-17-8-12-35-13-9-17)31-23-19(15-28-25(27)24(23)30-20)16-4-5-21(22(14-16)34-2)32-10-6-18(33)7-11-32/h4-5,14-15,17-18,33H,3,6-13H2,1-2H3,(H2,27,28)(H,29,31). The summed E-state index contributed by atoms with van der Waals surface area (Å²) in [7, 11) is 1.68. The number of aliphatic hydroxyl groups is 1. The summed E-state index contributed by atoms with van der Waals surface area (Å²) in [5.41, 5.74) is 11.3. The van der Waals surface area contributed by atoms with Crippen LogP contribution in [0.2, 0.25) is 0 Å². The Morgan fingerprint density at radius 2 is 1.91 bits per heavy atom. The number of aliphatic hydroxyl groups excluding tert-OH is 1. The lowest BCUT2D eigenvalue weighted by atomic mass is 10.0. The van der Waals surface area contributed by atoms with Crippen LogP contribution >= 0.6 is 0 Å². The number of ether oxygens (including phenoxy) is 2. The number of aromatic nitrogens is 3. The number of nitrogens with one attached hydrogen (secondary N) is 1. The summed E-state index contributed by atoms with van der Waals surface area (Å²) in [6.07, 6.45) is 5.69. The number of nitrogen functional groups attached to an aromatic ring is 1. The zero-order valence-corrected chi connectivity index (χ0v) is 20.5. The highest BCUT2D eigenvalue weighted by molar-refractivity contribution is 5.97. The fraction of sp³-hybridized carbons (Fsp3) is 0.500. The molecule has 0 spiro atoms. The van der Waals surface area contributed by atoms with Gasteiger partial charge in [0, 0.05) is 44.1 Å². The maximum absolute atomic E-state index is 9.88. The van der Waals surface area contributed by atoms with Crippen LogP contribution in [0.3, 0.4) is 0 Å². The lowest BCUT2D eigenvalue weighted by molar-refractivity contribution is 0.0903. The number of pyridine rings is 1. The Hall–Kier alpha value is -3.17. The molecule has 0 saturated carbocycles. The van der Waals surface area contributed by atoms with Gasteiger partial charge in [0.1, 0.15) is 22.6 Å². The summed E-state index contributed by atoms with van der Waals surface area (Å²) in [5, 5.41) is 13.5. The summed E-state index contributed by atoms with van der Waals surface area (Å²) >= 11 is 0. The Morgan fingerprint density at radius 1 is 1.14 bits per heavy atom. The van der Waals surface area contributed by atoms with Crippen LogP contribution in [0.5, 0.6) is 5.75 Å². The molecule has 35 heavy (non-hydrogen) atoms. The molecule has 9 nitrogen and oxygen atoms in total. The lowest BCUT2D eigenvalue weighted by Crippen LogP contribution is -2.35. The third-order valence-electron chi connectivity index (χ3n) is 6.99. The highest BCUT2D eigenvalue weighted by Crippen LogP contribution is 2.37. The van der Waals surface area contributed by atoms with E-state index in [2.05, 4.69) is 34.3 Å². The number of nitrogens with zero attached hydrogens (tertiary/aromatic N) is 4. The van der Waals surface area contributed by atoms with Crippen LogP contribution in [0.4, 0.5) is 17.3 Å². The molecular weight excluding hydrogens is 444 g/mol. The Bertz CT molecular complexity index is 1190. The van der Waals surface area contributed by atoms with Crippen molar-refractivity contribution in [3.63, 3.8) is 0 Å². The number of aryl methyl sites for hydroxylation is 1. The Balaban J connectivity index is 1.55.